The van der Waals surface area contributed by atoms with Crippen molar-refractivity contribution in [3.63, 3.8) is 0 Å². The average Bonchev–Trinajstić information content (AvgIpc) is 3.16. The number of hydrogen-bond acceptors (Lipinski definition) is 6. The van der Waals surface area contributed by atoms with Crippen molar-refractivity contribution in [2.24, 2.45) is 0 Å². The number of phenols is 1. The van der Waals surface area contributed by atoms with Gasteiger partial charge in [-0.25, -0.2) is 0 Å². The molecule has 8 heteroatoms. The van der Waals surface area contributed by atoms with E-state index in [1.807, 2.05) is 17.0 Å². The normalized spacial score (nSPS) is 15.0. The van der Waals surface area contributed by atoms with Gasteiger partial charge in [-0.3, -0.25) is 25.3 Å². The van der Waals surface area contributed by atoms with E-state index in [1.54, 1.807) is 18.2 Å². The van der Waals surface area contributed by atoms with Gasteiger partial charge in [0.05, 0.1) is 12.8 Å². The van der Waals surface area contributed by atoms with E-state index < -0.39 is 5.91 Å². The van der Waals surface area contributed by atoms with Gasteiger partial charge in [-0.15, -0.1) is 0 Å². The first-order valence-electron chi connectivity index (χ1n) is 8.01. The number of hydrogen-bond donors (Lipinski definition) is 3. The van der Waals surface area contributed by atoms with Crippen molar-refractivity contribution in [1.29, 1.82) is 0 Å². The minimum Gasteiger partial charge on any atom is -0.508 e. The van der Waals surface area contributed by atoms with Gasteiger partial charge in [0, 0.05) is 31.9 Å². The minimum absolute atomic E-state index is 0.141. The molecule has 1 aliphatic rings. The Morgan fingerprint density at radius 3 is 2.40 bits per heavy atom. The first kappa shape index (κ1) is 16.8. The molecule has 1 aromatic carbocycles. The van der Waals surface area contributed by atoms with E-state index in [1.165, 1.54) is 12.3 Å². The number of aromatic hydroxyl groups is 1. The standard InChI is InChI=1S/C17H20N4O4/c22-14-5-3-13(4-6-14)21-9-7-20(8-10-21)12-16(23)18-19-17(24)15-2-1-11-25-15/h1-6,11,22H,7-10,12H2,(H,18,23)(H,19,24). The van der Waals surface area contributed by atoms with Gasteiger partial charge >= 0.3 is 5.91 Å². The molecule has 0 aliphatic carbocycles. The Morgan fingerprint density at radius 1 is 1.04 bits per heavy atom. The van der Waals surface area contributed by atoms with Crippen molar-refractivity contribution < 1.29 is 19.1 Å². The van der Waals surface area contributed by atoms with Gasteiger partial charge in [0.1, 0.15) is 5.75 Å². The number of phenolic OH excluding ortho intramolecular Hbond substituents is 1. The maximum absolute atomic E-state index is 11.9. The highest BCUT2D eigenvalue weighted by Crippen LogP contribution is 2.19. The summed E-state index contributed by atoms with van der Waals surface area (Å²) in [5.41, 5.74) is 5.76. The Kier molecular flexibility index (Phi) is 5.20. The van der Waals surface area contributed by atoms with Crippen molar-refractivity contribution in [3.05, 3.63) is 48.4 Å². The van der Waals surface area contributed by atoms with E-state index in [2.05, 4.69) is 15.8 Å². The van der Waals surface area contributed by atoms with Crippen molar-refractivity contribution in [3.8, 4) is 5.75 Å². The smallest absolute Gasteiger partial charge is 0.305 e. The fourth-order valence-electron chi connectivity index (χ4n) is 2.67. The molecule has 0 spiro atoms. The Morgan fingerprint density at radius 2 is 1.76 bits per heavy atom. The largest absolute Gasteiger partial charge is 0.508 e. The van der Waals surface area contributed by atoms with E-state index in [-0.39, 0.29) is 24.0 Å². The molecule has 1 aromatic heterocycles. The lowest BCUT2D eigenvalue weighted by atomic mass is 10.2. The zero-order valence-corrected chi connectivity index (χ0v) is 13.6. The molecule has 2 amide bonds. The molecule has 3 N–H and O–H groups in total. The Labute approximate surface area is 145 Å². The van der Waals surface area contributed by atoms with Crippen LogP contribution < -0.4 is 15.8 Å². The third-order valence-corrected chi connectivity index (χ3v) is 4.01. The second-order valence-corrected chi connectivity index (χ2v) is 5.76. The lowest BCUT2D eigenvalue weighted by Crippen LogP contribution is -2.51. The number of nitrogens with one attached hydrogen (secondary N) is 2. The van der Waals surface area contributed by atoms with Crippen LogP contribution in [0.5, 0.6) is 5.75 Å². The number of benzene rings is 1. The predicted molar refractivity (Wildman–Crippen MR) is 91.1 cm³/mol. The highest BCUT2D eigenvalue weighted by Gasteiger charge is 2.19. The molecule has 0 atom stereocenters. The quantitative estimate of drug-likeness (QED) is 0.702. The van der Waals surface area contributed by atoms with Crippen molar-refractivity contribution in [2.75, 3.05) is 37.6 Å². The summed E-state index contributed by atoms with van der Waals surface area (Å²) in [5.74, 6) is -0.382. The van der Waals surface area contributed by atoms with Crippen LogP contribution in [0, 0.1) is 0 Å². The van der Waals surface area contributed by atoms with E-state index in [0.717, 1.165) is 31.9 Å². The lowest BCUT2D eigenvalue weighted by Gasteiger charge is -2.35. The molecular formula is C17H20N4O4. The Hall–Kier alpha value is -3.00. The number of carbonyl (C=O) groups excluding carboxylic acids is 2. The van der Waals surface area contributed by atoms with Gasteiger partial charge in [0.25, 0.3) is 5.91 Å². The highest BCUT2D eigenvalue weighted by atomic mass is 16.3. The van der Waals surface area contributed by atoms with Crippen LogP contribution in [-0.2, 0) is 4.79 Å². The number of amides is 2. The molecule has 0 radical (unpaired) electrons. The number of carbonyl (C=O) groups is 2. The second-order valence-electron chi connectivity index (χ2n) is 5.76. The first-order valence-corrected chi connectivity index (χ1v) is 8.01. The van der Waals surface area contributed by atoms with Gasteiger partial charge in [0.2, 0.25) is 0 Å². The topological polar surface area (TPSA) is 98.0 Å². The van der Waals surface area contributed by atoms with Gasteiger partial charge in [-0.05, 0) is 36.4 Å². The first-order chi connectivity index (χ1) is 12.1. The lowest BCUT2D eigenvalue weighted by molar-refractivity contribution is -0.123. The van der Waals surface area contributed by atoms with Crippen LogP contribution in [0.25, 0.3) is 0 Å². The molecule has 8 nitrogen and oxygen atoms in total. The predicted octanol–water partition coefficient (Wildman–Crippen LogP) is 0.568. The van der Waals surface area contributed by atoms with Crippen LogP contribution in [0.15, 0.2) is 47.1 Å². The fraction of sp³-hybridized carbons (Fsp3) is 0.294. The van der Waals surface area contributed by atoms with Gasteiger partial charge in [-0.2, -0.15) is 0 Å². The van der Waals surface area contributed by atoms with Gasteiger partial charge < -0.3 is 14.4 Å². The summed E-state index contributed by atoms with van der Waals surface area (Å²) in [5, 5.41) is 9.34. The summed E-state index contributed by atoms with van der Waals surface area (Å²) in [6.07, 6.45) is 1.39. The molecule has 132 valence electrons. The molecule has 2 aromatic rings. The minimum atomic E-state index is -0.490. The molecule has 2 heterocycles. The summed E-state index contributed by atoms with van der Waals surface area (Å²) >= 11 is 0. The average molecular weight is 344 g/mol. The summed E-state index contributed by atoms with van der Waals surface area (Å²) < 4.78 is 4.94. The summed E-state index contributed by atoms with van der Waals surface area (Å²) in [6.45, 7) is 3.26. The van der Waals surface area contributed by atoms with Crippen LogP contribution in [0.3, 0.4) is 0 Å². The molecular weight excluding hydrogens is 324 g/mol. The maximum Gasteiger partial charge on any atom is 0.305 e. The summed E-state index contributed by atoms with van der Waals surface area (Å²) in [6, 6.07) is 10.2. The number of piperazine rings is 1. The number of rotatable bonds is 4. The van der Waals surface area contributed by atoms with Gasteiger partial charge in [0.15, 0.2) is 5.76 Å². The Bertz CT molecular complexity index is 707. The zero-order valence-electron chi connectivity index (χ0n) is 13.6. The third-order valence-electron chi connectivity index (χ3n) is 4.01. The van der Waals surface area contributed by atoms with E-state index >= 15 is 0 Å². The SMILES string of the molecule is O=C(CN1CCN(c2ccc(O)cc2)CC1)NNC(=O)c1ccco1. The van der Waals surface area contributed by atoms with E-state index in [4.69, 9.17) is 4.42 Å². The second kappa shape index (κ2) is 7.71. The molecule has 1 fully saturated rings. The van der Waals surface area contributed by atoms with E-state index in [9.17, 15) is 14.7 Å². The maximum atomic E-state index is 11.9. The molecule has 1 aliphatic heterocycles. The molecule has 0 saturated carbocycles. The van der Waals surface area contributed by atoms with Crippen LogP contribution in [0.1, 0.15) is 10.6 Å². The number of anilines is 1. The monoisotopic (exact) mass is 344 g/mol. The van der Waals surface area contributed by atoms with Crippen LogP contribution in [0.2, 0.25) is 0 Å². The van der Waals surface area contributed by atoms with Crippen molar-refractivity contribution in [1.82, 2.24) is 15.8 Å². The van der Waals surface area contributed by atoms with Crippen molar-refractivity contribution in [2.45, 2.75) is 0 Å². The van der Waals surface area contributed by atoms with Gasteiger partial charge in [-0.1, -0.05) is 0 Å². The highest BCUT2D eigenvalue weighted by molar-refractivity contribution is 5.93. The van der Waals surface area contributed by atoms with Crippen LogP contribution in [0.4, 0.5) is 5.69 Å². The van der Waals surface area contributed by atoms with Crippen molar-refractivity contribution >= 4 is 17.5 Å². The fourth-order valence-corrected chi connectivity index (χ4v) is 2.67. The van der Waals surface area contributed by atoms with E-state index in [0.29, 0.717) is 0 Å². The third kappa shape index (κ3) is 4.51. The number of nitrogens with zero attached hydrogens (tertiary/aromatic N) is 2. The molecule has 25 heavy (non-hydrogen) atoms. The summed E-state index contributed by atoms with van der Waals surface area (Å²) in [4.78, 5) is 27.8. The van der Waals surface area contributed by atoms with Crippen LogP contribution >= 0.6 is 0 Å². The Balaban J connectivity index is 1.40. The molecule has 0 unspecified atom stereocenters. The summed E-state index contributed by atoms with van der Waals surface area (Å²) in [7, 11) is 0. The molecule has 3 rings (SSSR count). The zero-order chi connectivity index (χ0) is 17.6. The number of furan rings is 1. The molecule has 1 saturated heterocycles. The van der Waals surface area contributed by atoms with Crippen LogP contribution in [-0.4, -0.2) is 54.5 Å². The molecule has 0 bridgehead atoms. The number of hydrazine groups is 1.